The molecule has 0 saturated heterocycles. The summed E-state index contributed by atoms with van der Waals surface area (Å²) in [6.45, 7) is 4.61. The van der Waals surface area contributed by atoms with E-state index >= 15 is 0 Å². The lowest BCUT2D eigenvalue weighted by Crippen LogP contribution is -2.50. The molecule has 24 heavy (non-hydrogen) atoms. The van der Waals surface area contributed by atoms with Gasteiger partial charge in [0.15, 0.2) is 0 Å². The fourth-order valence-corrected chi connectivity index (χ4v) is 3.55. The maximum absolute atomic E-state index is 13.3. The second-order valence-electron chi connectivity index (χ2n) is 6.48. The van der Waals surface area contributed by atoms with Crippen LogP contribution in [0.3, 0.4) is 0 Å². The molecule has 2 aromatic carbocycles. The maximum Gasteiger partial charge on any atom is 0.322 e. The summed E-state index contributed by atoms with van der Waals surface area (Å²) in [4.78, 5) is 14.4. The molecule has 2 aliphatic heterocycles. The standard InChI is InChI=1S/C19H19FN2O2/c1-11(2)22-15-8-5-13-9-10-24-18(13)16(15)17(21-19(22)23)12-3-6-14(20)7-4-12/h3-8,11,17H,9-10H2,1-2H3,(H,21,23). The molecule has 4 nitrogen and oxygen atoms in total. The normalized spacial score (nSPS) is 18.9. The largest absolute Gasteiger partial charge is 0.492 e. The first kappa shape index (κ1) is 15.0. The van der Waals surface area contributed by atoms with Crippen molar-refractivity contribution in [1.82, 2.24) is 5.32 Å². The highest BCUT2D eigenvalue weighted by atomic mass is 19.1. The molecule has 0 bridgehead atoms. The Morgan fingerprint density at radius 3 is 2.67 bits per heavy atom. The molecule has 0 radical (unpaired) electrons. The molecule has 0 fully saturated rings. The van der Waals surface area contributed by atoms with Crippen molar-refractivity contribution in [3.05, 3.63) is 58.9 Å². The van der Waals surface area contributed by atoms with E-state index in [1.807, 2.05) is 26.0 Å². The quantitative estimate of drug-likeness (QED) is 0.912. The average molecular weight is 326 g/mol. The topological polar surface area (TPSA) is 41.6 Å². The highest BCUT2D eigenvalue weighted by Crippen LogP contribution is 2.45. The second-order valence-corrected chi connectivity index (χ2v) is 6.48. The number of benzene rings is 2. The summed E-state index contributed by atoms with van der Waals surface area (Å²) in [5.74, 6) is 0.562. The average Bonchev–Trinajstić information content (AvgIpc) is 3.02. The first-order valence-electron chi connectivity index (χ1n) is 8.20. The van der Waals surface area contributed by atoms with Crippen molar-refractivity contribution < 1.29 is 13.9 Å². The van der Waals surface area contributed by atoms with Crippen molar-refractivity contribution in [2.45, 2.75) is 32.4 Å². The van der Waals surface area contributed by atoms with E-state index in [4.69, 9.17) is 4.74 Å². The minimum Gasteiger partial charge on any atom is -0.492 e. The summed E-state index contributed by atoms with van der Waals surface area (Å²) in [6, 6.07) is 9.83. The van der Waals surface area contributed by atoms with Gasteiger partial charge in [-0.05, 0) is 43.2 Å². The predicted molar refractivity (Wildman–Crippen MR) is 90.0 cm³/mol. The van der Waals surface area contributed by atoms with Gasteiger partial charge in [-0.25, -0.2) is 9.18 Å². The first-order chi connectivity index (χ1) is 11.6. The summed E-state index contributed by atoms with van der Waals surface area (Å²) >= 11 is 0. The van der Waals surface area contributed by atoms with Crippen LogP contribution in [0.4, 0.5) is 14.9 Å². The summed E-state index contributed by atoms with van der Waals surface area (Å²) in [5, 5.41) is 3.05. The van der Waals surface area contributed by atoms with Gasteiger partial charge < -0.3 is 10.1 Å². The predicted octanol–water partition coefficient (Wildman–Crippen LogP) is 3.79. The van der Waals surface area contributed by atoms with Gasteiger partial charge in [-0.1, -0.05) is 18.2 Å². The number of hydrogen-bond donors (Lipinski definition) is 1. The number of amides is 2. The van der Waals surface area contributed by atoms with Gasteiger partial charge in [-0.2, -0.15) is 0 Å². The van der Waals surface area contributed by atoms with E-state index in [2.05, 4.69) is 5.32 Å². The van der Waals surface area contributed by atoms with E-state index in [-0.39, 0.29) is 23.9 Å². The van der Waals surface area contributed by atoms with Gasteiger partial charge in [0.25, 0.3) is 0 Å². The van der Waals surface area contributed by atoms with Crippen LogP contribution in [0.2, 0.25) is 0 Å². The minimum absolute atomic E-state index is 0.0253. The Balaban J connectivity index is 1.92. The van der Waals surface area contributed by atoms with E-state index in [0.29, 0.717) is 6.61 Å². The Bertz CT molecular complexity index is 802. The molecule has 2 aromatic rings. The summed E-state index contributed by atoms with van der Waals surface area (Å²) < 4.78 is 19.2. The van der Waals surface area contributed by atoms with E-state index in [1.54, 1.807) is 17.0 Å². The number of carbonyl (C=O) groups excluding carboxylic acids is 1. The molecular weight excluding hydrogens is 307 g/mol. The molecule has 2 aliphatic rings. The molecule has 124 valence electrons. The third-order valence-corrected chi connectivity index (χ3v) is 4.63. The monoisotopic (exact) mass is 326 g/mol. The Hall–Kier alpha value is -2.56. The summed E-state index contributed by atoms with van der Waals surface area (Å²) in [6.07, 6.45) is 0.869. The van der Waals surface area contributed by atoms with E-state index in [9.17, 15) is 9.18 Å². The SMILES string of the molecule is CC(C)N1C(=O)NC(c2ccc(F)cc2)c2c1ccc1c2OCC1. The molecular formula is C19H19FN2O2. The van der Waals surface area contributed by atoms with Gasteiger partial charge in [0.2, 0.25) is 0 Å². The number of urea groups is 1. The van der Waals surface area contributed by atoms with Crippen LogP contribution in [0.15, 0.2) is 36.4 Å². The number of anilines is 1. The zero-order valence-corrected chi connectivity index (χ0v) is 13.7. The van der Waals surface area contributed by atoms with Gasteiger partial charge in [0, 0.05) is 18.0 Å². The lowest BCUT2D eigenvalue weighted by Gasteiger charge is -2.38. The third kappa shape index (κ3) is 2.23. The molecule has 0 aromatic heterocycles. The van der Waals surface area contributed by atoms with E-state index < -0.39 is 0 Å². The van der Waals surface area contributed by atoms with Crippen molar-refractivity contribution in [3.63, 3.8) is 0 Å². The van der Waals surface area contributed by atoms with Gasteiger partial charge >= 0.3 is 6.03 Å². The molecule has 5 heteroatoms. The molecule has 0 spiro atoms. The van der Waals surface area contributed by atoms with Gasteiger partial charge in [-0.3, -0.25) is 4.90 Å². The highest BCUT2D eigenvalue weighted by molar-refractivity contribution is 5.97. The van der Waals surface area contributed by atoms with Gasteiger partial charge in [-0.15, -0.1) is 0 Å². The smallest absolute Gasteiger partial charge is 0.322 e. The number of nitrogens with zero attached hydrogens (tertiary/aromatic N) is 1. The Kier molecular flexibility index (Phi) is 3.44. The zero-order chi connectivity index (χ0) is 16.8. The first-order valence-corrected chi connectivity index (χ1v) is 8.20. The van der Waals surface area contributed by atoms with E-state index in [1.165, 1.54) is 12.1 Å². The minimum atomic E-state index is -0.337. The number of ether oxygens (including phenoxy) is 1. The number of fused-ring (bicyclic) bond motifs is 3. The zero-order valence-electron chi connectivity index (χ0n) is 13.7. The Labute approximate surface area is 140 Å². The van der Waals surface area contributed by atoms with Gasteiger partial charge in [0.05, 0.1) is 18.3 Å². The molecule has 0 aliphatic carbocycles. The number of carbonyl (C=O) groups is 1. The maximum atomic E-state index is 13.3. The Morgan fingerprint density at radius 2 is 1.96 bits per heavy atom. The molecule has 1 N–H and O–H groups in total. The van der Waals surface area contributed by atoms with Crippen LogP contribution in [0.5, 0.6) is 5.75 Å². The fourth-order valence-electron chi connectivity index (χ4n) is 3.55. The number of hydrogen-bond acceptors (Lipinski definition) is 2. The lowest BCUT2D eigenvalue weighted by molar-refractivity contribution is 0.240. The van der Waals surface area contributed by atoms with Crippen molar-refractivity contribution >= 4 is 11.7 Å². The van der Waals surface area contributed by atoms with Crippen LogP contribution in [-0.4, -0.2) is 18.7 Å². The van der Waals surface area contributed by atoms with Crippen LogP contribution in [0, 0.1) is 5.82 Å². The molecule has 0 saturated carbocycles. The molecule has 4 rings (SSSR count). The lowest BCUT2D eigenvalue weighted by atomic mass is 9.91. The molecule has 1 atom stereocenters. The van der Waals surface area contributed by atoms with Crippen molar-refractivity contribution in [2.24, 2.45) is 0 Å². The number of halogens is 1. The summed E-state index contributed by atoms with van der Waals surface area (Å²) in [5.41, 5.74) is 3.83. The number of rotatable bonds is 2. The molecule has 1 unspecified atom stereocenters. The van der Waals surface area contributed by atoms with Crippen molar-refractivity contribution in [1.29, 1.82) is 0 Å². The molecule has 2 amide bonds. The third-order valence-electron chi connectivity index (χ3n) is 4.63. The molecule has 2 heterocycles. The second kappa shape index (κ2) is 5.51. The summed E-state index contributed by atoms with van der Waals surface area (Å²) in [7, 11) is 0. The number of nitrogens with one attached hydrogen (secondary N) is 1. The van der Waals surface area contributed by atoms with Crippen LogP contribution in [-0.2, 0) is 6.42 Å². The van der Waals surface area contributed by atoms with Crippen molar-refractivity contribution in [2.75, 3.05) is 11.5 Å². The van der Waals surface area contributed by atoms with Crippen LogP contribution < -0.4 is 15.0 Å². The van der Waals surface area contributed by atoms with Gasteiger partial charge in [0.1, 0.15) is 11.6 Å². The van der Waals surface area contributed by atoms with Crippen LogP contribution in [0.1, 0.15) is 36.6 Å². The van der Waals surface area contributed by atoms with Crippen molar-refractivity contribution in [3.8, 4) is 5.75 Å². The van der Waals surface area contributed by atoms with Crippen LogP contribution in [0.25, 0.3) is 0 Å². The Morgan fingerprint density at radius 1 is 1.21 bits per heavy atom. The highest BCUT2D eigenvalue weighted by Gasteiger charge is 2.37. The fraction of sp³-hybridized carbons (Fsp3) is 0.316. The van der Waals surface area contributed by atoms with E-state index in [0.717, 1.165) is 34.5 Å². The van der Waals surface area contributed by atoms with Crippen LogP contribution >= 0.6 is 0 Å².